The summed E-state index contributed by atoms with van der Waals surface area (Å²) in [5.41, 5.74) is 3.34. The van der Waals surface area contributed by atoms with E-state index in [0.717, 1.165) is 10.8 Å². The van der Waals surface area contributed by atoms with Crippen molar-refractivity contribution in [1.82, 2.24) is 10.2 Å². The molecule has 21 heavy (non-hydrogen) atoms. The number of aromatic hydroxyl groups is 1. The number of rotatable bonds is 3. The highest BCUT2D eigenvalue weighted by molar-refractivity contribution is 6.30. The molecule has 104 valence electrons. The van der Waals surface area contributed by atoms with Crippen LogP contribution in [0.1, 0.15) is 5.56 Å². The molecule has 0 saturated heterocycles. The van der Waals surface area contributed by atoms with E-state index in [1.807, 2.05) is 24.3 Å². The first-order chi connectivity index (χ1) is 10.2. The molecule has 1 heterocycles. The topological polar surface area (TPSA) is 70.4 Å². The van der Waals surface area contributed by atoms with Crippen LogP contribution in [0.25, 0.3) is 10.8 Å². The molecule has 2 N–H and O–H groups in total. The Kier molecular flexibility index (Phi) is 3.66. The third-order valence-corrected chi connectivity index (χ3v) is 3.17. The first-order valence-electron chi connectivity index (χ1n) is 6.22. The lowest BCUT2D eigenvalue weighted by Crippen LogP contribution is -1.96. The van der Waals surface area contributed by atoms with Gasteiger partial charge in [-0.25, -0.2) is 0 Å². The molecule has 0 aliphatic heterocycles. The minimum absolute atomic E-state index is 0.106. The maximum Gasteiger partial charge on any atom is 0.176 e. The summed E-state index contributed by atoms with van der Waals surface area (Å²) < 4.78 is 0. The number of fused-ring (bicyclic) bond motifs is 1. The SMILES string of the molecule is Oc1ccc(Cl)cc1/C=N\Nc1nncc2ccccc12. The number of anilines is 1. The Morgan fingerprint density at radius 1 is 1.19 bits per heavy atom. The van der Waals surface area contributed by atoms with Gasteiger partial charge in [-0.3, -0.25) is 5.43 Å². The Bertz CT molecular complexity index is 814. The van der Waals surface area contributed by atoms with Gasteiger partial charge in [-0.2, -0.15) is 10.2 Å². The molecular formula is C15H11ClN4O. The van der Waals surface area contributed by atoms with Gasteiger partial charge in [0.2, 0.25) is 0 Å². The lowest BCUT2D eigenvalue weighted by atomic mass is 10.2. The highest BCUT2D eigenvalue weighted by Crippen LogP contribution is 2.21. The van der Waals surface area contributed by atoms with Crippen LogP contribution in [0.3, 0.4) is 0 Å². The molecular weight excluding hydrogens is 288 g/mol. The first-order valence-corrected chi connectivity index (χ1v) is 6.60. The Morgan fingerprint density at radius 2 is 2.05 bits per heavy atom. The molecule has 6 heteroatoms. The monoisotopic (exact) mass is 298 g/mol. The van der Waals surface area contributed by atoms with Crippen molar-refractivity contribution in [1.29, 1.82) is 0 Å². The van der Waals surface area contributed by atoms with Crippen molar-refractivity contribution in [2.45, 2.75) is 0 Å². The molecule has 2 aromatic carbocycles. The molecule has 0 unspecified atom stereocenters. The van der Waals surface area contributed by atoms with Crippen molar-refractivity contribution in [2.75, 3.05) is 5.43 Å². The number of hydrazone groups is 1. The van der Waals surface area contributed by atoms with Gasteiger partial charge in [-0.05, 0) is 18.2 Å². The third-order valence-electron chi connectivity index (χ3n) is 2.93. The Balaban J connectivity index is 1.86. The molecule has 0 spiro atoms. The highest BCUT2D eigenvalue weighted by Gasteiger charge is 2.02. The zero-order valence-electron chi connectivity index (χ0n) is 10.9. The van der Waals surface area contributed by atoms with E-state index in [9.17, 15) is 5.11 Å². The molecule has 0 radical (unpaired) electrons. The van der Waals surface area contributed by atoms with E-state index in [1.165, 1.54) is 12.3 Å². The van der Waals surface area contributed by atoms with Crippen molar-refractivity contribution in [3.63, 3.8) is 0 Å². The molecule has 1 aromatic heterocycles. The molecule has 0 atom stereocenters. The van der Waals surface area contributed by atoms with Crippen LogP contribution in [0.5, 0.6) is 5.75 Å². The standard InChI is InChI=1S/C15H11ClN4O/c16-12-5-6-14(21)11(7-12)9-18-20-15-13-4-2-1-3-10(13)8-17-19-15/h1-9,21H,(H,19,20)/b18-9-. The quantitative estimate of drug-likeness (QED) is 0.574. The van der Waals surface area contributed by atoms with Gasteiger partial charge in [0.15, 0.2) is 5.82 Å². The molecule has 0 bridgehead atoms. The zero-order valence-corrected chi connectivity index (χ0v) is 11.6. The van der Waals surface area contributed by atoms with Crippen LogP contribution in [0.4, 0.5) is 5.82 Å². The van der Waals surface area contributed by atoms with Crippen LogP contribution in [-0.2, 0) is 0 Å². The van der Waals surface area contributed by atoms with E-state index >= 15 is 0 Å². The fourth-order valence-electron chi connectivity index (χ4n) is 1.90. The van der Waals surface area contributed by atoms with Gasteiger partial charge in [-0.15, -0.1) is 5.10 Å². The summed E-state index contributed by atoms with van der Waals surface area (Å²) in [6, 6.07) is 12.5. The number of aromatic nitrogens is 2. The minimum atomic E-state index is 0.106. The predicted octanol–water partition coefficient (Wildman–Crippen LogP) is 3.43. The molecule has 3 rings (SSSR count). The molecule has 0 saturated carbocycles. The first kappa shape index (κ1) is 13.3. The number of nitrogens with one attached hydrogen (secondary N) is 1. The molecule has 0 amide bonds. The smallest absolute Gasteiger partial charge is 0.176 e. The van der Waals surface area contributed by atoms with Crippen LogP contribution < -0.4 is 5.43 Å². The van der Waals surface area contributed by atoms with Crippen LogP contribution in [0.15, 0.2) is 53.8 Å². The molecule has 3 aromatic rings. The van der Waals surface area contributed by atoms with Crippen LogP contribution in [0, 0.1) is 0 Å². The van der Waals surface area contributed by atoms with Crippen molar-refractivity contribution >= 4 is 34.4 Å². The third kappa shape index (κ3) is 2.93. The summed E-state index contributed by atoms with van der Waals surface area (Å²) in [6.07, 6.45) is 3.16. The summed E-state index contributed by atoms with van der Waals surface area (Å²) in [7, 11) is 0. The summed E-state index contributed by atoms with van der Waals surface area (Å²) in [5.74, 6) is 0.653. The van der Waals surface area contributed by atoms with Gasteiger partial charge in [0.05, 0.1) is 12.4 Å². The van der Waals surface area contributed by atoms with Gasteiger partial charge in [0, 0.05) is 21.4 Å². The summed E-state index contributed by atoms with van der Waals surface area (Å²) in [6.45, 7) is 0. The fraction of sp³-hybridized carbons (Fsp3) is 0. The Hall–Kier alpha value is -2.66. The van der Waals surface area contributed by atoms with Gasteiger partial charge >= 0.3 is 0 Å². The number of halogens is 1. The number of nitrogens with zero attached hydrogens (tertiary/aromatic N) is 3. The maximum absolute atomic E-state index is 9.70. The molecule has 0 fully saturated rings. The van der Waals surface area contributed by atoms with E-state index in [1.54, 1.807) is 18.3 Å². The molecule has 0 aliphatic rings. The average molecular weight is 299 g/mol. The van der Waals surface area contributed by atoms with Gasteiger partial charge in [0.25, 0.3) is 0 Å². The van der Waals surface area contributed by atoms with E-state index < -0.39 is 0 Å². The van der Waals surface area contributed by atoms with Crippen LogP contribution in [-0.4, -0.2) is 21.5 Å². The highest BCUT2D eigenvalue weighted by atomic mass is 35.5. The normalized spacial score (nSPS) is 11.1. The zero-order chi connectivity index (χ0) is 14.7. The van der Waals surface area contributed by atoms with E-state index in [-0.39, 0.29) is 5.75 Å². The fourth-order valence-corrected chi connectivity index (χ4v) is 2.08. The molecule has 0 aliphatic carbocycles. The Labute approximate surface area is 125 Å². The molecule has 5 nitrogen and oxygen atoms in total. The van der Waals surface area contributed by atoms with E-state index in [2.05, 4.69) is 20.7 Å². The van der Waals surface area contributed by atoms with Crippen molar-refractivity contribution < 1.29 is 5.11 Å². The summed E-state index contributed by atoms with van der Waals surface area (Å²) in [5, 5.41) is 24.1. The van der Waals surface area contributed by atoms with Crippen molar-refractivity contribution in [3.05, 3.63) is 59.2 Å². The lowest BCUT2D eigenvalue weighted by molar-refractivity contribution is 0.474. The minimum Gasteiger partial charge on any atom is -0.507 e. The second-order valence-corrected chi connectivity index (χ2v) is 4.79. The van der Waals surface area contributed by atoms with Crippen LogP contribution >= 0.6 is 11.6 Å². The predicted molar refractivity (Wildman–Crippen MR) is 83.9 cm³/mol. The lowest BCUT2D eigenvalue weighted by Gasteiger charge is -2.03. The Morgan fingerprint density at radius 3 is 2.95 bits per heavy atom. The van der Waals surface area contributed by atoms with Gasteiger partial charge < -0.3 is 5.11 Å². The van der Waals surface area contributed by atoms with Gasteiger partial charge in [-0.1, -0.05) is 35.9 Å². The van der Waals surface area contributed by atoms with E-state index in [4.69, 9.17) is 11.6 Å². The second-order valence-electron chi connectivity index (χ2n) is 4.35. The number of hydrogen-bond acceptors (Lipinski definition) is 5. The summed E-state index contributed by atoms with van der Waals surface area (Å²) in [4.78, 5) is 0. The summed E-state index contributed by atoms with van der Waals surface area (Å²) >= 11 is 5.88. The average Bonchev–Trinajstić information content (AvgIpc) is 2.51. The second kappa shape index (κ2) is 5.76. The van der Waals surface area contributed by atoms with E-state index in [0.29, 0.717) is 16.4 Å². The number of phenols is 1. The van der Waals surface area contributed by atoms with Crippen molar-refractivity contribution in [3.8, 4) is 5.75 Å². The number of phenolic OH excluding ortho intramolecular Hbond substituents is 1. The maximum atomic E-state index is 9.70. The number of hydrogen-bond donors (Lipinski definition) is 2. The largest absolute Gasteiger partial charge is 0.507 e. The van der Waals surface area contributed by atoms with Crippen molar-refractivity contribution in [2.24, 2.45) is 5.10 Å². The van der Waals surface area contributed by atoms with Crippen LogP contribution in [0.2, 0.25) is 5.02 Å². The van der Waals surface area contributed by atoms with Gasteiger partial charge in [0.1, 0.15) is 5.75 Å². The number of benzene rings is 2.